The van der Waals surface area contributed by atoms with Crippen LogP contribution in [0.1, 0.15) is 36.3 Å². The third-order valence-electron chi connectivity index (χ3n) is 4.05. The normalized spacial score (nSPS) is 21.5. The molecule has 7 nitrogen and oxygen atoms in total. The minimum Gasteiger partial charge on any atom is -0.396 e. The molecule has 0 spiro atoms. The maximum Gasteiger partial charge on any atom is 0.289 e. The molecule has 116 valence electrons. The molecule has 0 radical (unpaired) electrons. The van der Waals surface area contributed by atoms with Gasteiger partial charge in [0.15, 0.2) is 0 Å². The van der Waals surface area contributed by atoms with Crippen LogP contribution in [0, 0.1) is 5.92 Å². The Morgan fingerprint density at radius 1 is 1.32 bits per heavy atom. The maximum absolute atomic E-state index is 12.3. The predicted octanol–water partition coefficient (Wildman–Crippen LogP) is 0.943. The van der Waals surface area contributed by atoms with E-state index in [9.17, 15) is 4.79 Å². The van der Waals surface area contributed by atoms with Gasteiger partial charge in [0.25, 0.3) is 5.91 Å². The molecule has 1 amide bonds. The molecule has 1 aliphatic rings. The first kappa shape index (κ1) is 14.6. The van der Waals surface area contributed by atoms with E-state index in [-0.39, 0.29) is 24.4 Å². The molecule has 0 saturated heterocycles. The summed E-state index contributed by atoms with van der Waals surface area (Å²) >= 11 is 0. The number of aliphatic hydroxyl groups is 1. The SMILES string of the molecule is O=C(N[C@H]1CC[C@H](CO)CC1)c1nccc(-n2ccnc2)n1. The van der Waals surface area contributed by atoms with E-state index >= 15 is 0 Å². The van der Waals surface area contributed by atoms with Gasteiger partial charge in [0.1, 0.15) is 12.1 Å². The van der Waals surface area contributed by atoms with Gasteiger partial charge in [0, 0.05) is 31.2 Å². The van der Waals surface area contributed by atoms with Crippen molar-refractivity contribution in [3.8, 4) is 5.82 Å². The lowest BCUT2D eigenvalue weighted by molar-refractivity contribution is 0.0903. The molecule has 1 aliphatic carbocycles. The average Bonchev–Trinajstić information content (AvgIpc) is 3.10. The lowest BCUT2D eigenvalue weighted by atomic mass is 9.86. The minimum atomic E-state index is -0.255. The highest BCUT2D eigenvalue weighted by atomic mass is 16.3. The van der Waals surface area contributed by atoms with E-state index in [2.05, 4.69) is 20.3 Å². The van der Waals surface area contributed by atoms with Gasteiger partial charge in [-0.15, -0.1) is 0 Å². The van der Waals surface area contributed by atoms with Crippen LogP contribution in [0.2, 0.25) is 0 Å². The summed E-state index contributed by atoms with van der Waals surface area (Å²) in [6.07, 6.45) is 10.3. The van der Waals surface area contributed by atoms with Crippen LogP contribution in [0.4, 0.5) is 0 Å². The molecule has 2 N–H and O–H groups in total. The number of imidazole rings is 1. The van der Waals surface area contributed by atoms with E-state index < -0.39 is 0 Å². The summed E-state index contributed by atoms with van der Waals surface area (Å²) in [5.74, 6) is 0.889. The zero-order valence-corrected chi connectivity index (χ0v) is 12.2. The van der Waals surface area contributed by atoms with Crippen LogP contribution < -0.4 is 5.32 Å². The number of aliphatic hydroxyl groups excluding tert-OH is 1. The summed E-state index contributed by atoms with van der Waals surface area (Å²) in [4.78, 5) is 24.6. The van der Waals surface area contributed by atoms with Crippen molar-refractivity contribution in [2.45, 2.75) is 31.7 Å². The number of hydrogen-bond donors (Lipinski definition) is 2. The standard InChI is InChI=1S/C15H19N5O2/c21-9-11-1-3-12(4-2-11)18-15(22)14-17-6-5-13(19-14)20-8-7-16-10-20/h5-8,10-12,21H,1-4,9H2,(H,18,22)/t11-,12-. The van der Waals surface area contributed by atoms with Crippen LogP contribution >= 0.6 is 0 Å². The average molecular weight is 301 g/mol. The highest BCUT2D eigenvalue weighted by Gasteiger charge is 2.23. The number of carbonyl (C=O) groups is 1. The van der Waals surface area contributed by atoms with Crippen molar-refractivity contribution in [3.05, 3.63) is 36.8 Å². The molecule has 0 unspecified atom stereocenters. The van der Waals surface area contributed by atoms with Gasteiger partial charge in [0.05, 0.1) is 0 Å². The van der Waals surface area contributed by atoms with Crippen LogP contribution in [-0.2, 0) is 0 Å². The Morgan fingerprint density at radius 2 is 2.14 bits per heavy atom. The molecule has 0 aromatic carbocycles. The molecule has 2 aromatic rings. The third-order valence-corrected chi connectivity index (χ3v) is 4.05. The van der Waals surface area contributed by atoms with Crippen LogP contribution in [-0.4, -0.2) is 43.2 Å². The Labute approximate surface area is 128 Å². The van der Waals surface area contributed by atoms with E-state index in [0.717, 1.165) is 25.7 Å². The van der Waals surface area contributed by atoms with Crippen LogP contribution in [0.3, 0.4) is 0 Å². The maximum atomic E-state index is 12.3. The van der Waals surface area contributed by atoms with Gasteiger partial charge in [-0.3, -0.25) is 9.36 Å². The number of nitrogens with one attached hydrogen (secondary N) is 1. The second-order valence-electron chi connectivity index (χ2n) is 5.58. The molecule has 7 heteroatoms. The lowest BCUT2D eigenvalue weighted by Crippen LogP contribution is -2.38. The summed E-state index contributed by atoms with van der Waals surface area (Å²) in [5, 5.41) is 12.1. The summed E-state index contributed by atoms with van der Waals surface area (Å²) in [5.41, 5.74) is 0. The molecule has 0 aliphatic heterocycles. The Morgan fingerprint density at radius 3 is 2.82 bits per heavy atom. The first-order chi connectivity index (χ1) is 10.8. The smallest absolute Gasteiger partial charge is 0.289 e. The minimum absolute atomic E-state index is 0.135. The molecule has 3 rings (SSSR count). The first-order valence-electron chi connectivity index (χ1n) is 7.49. The fourth-order valence-electron chi connectivity index (χ4n) is 2.74. The number of amides is 1. The number of rotatable bonds is 4. The molecule has 2 heterocycles. The lowest BCUT2D eigenvalue weighted by Gasteiger charge is -2.27. The van der Waals surface area contributed by atoms with Crippen LogP contribution in [0.5, 0.6) is 0 Å². The number of nitrogens with zero attached hydrogens (tertiary/aromatic N) is 4. The highest BCUT2D eigenvalue weighted by Crippen LogP contribution is 2.23. The molecule has 0 bridgehead atoms. The van der Waals surface area contributed by atoms with Crippen molar-refractivity contribution in [1.82, 2.24) is 24.8 Å². The Kier molecular flexibility index (Phi) is 4.43. The van der Waals surface area contributed by atoms with Gasteiger partial charge in [0.2, 0.25) is 5.82 Å². The van der Waals surface area contributed by atoms with Crippen molar-refractivity contribution in [3.63, 3.8) is 0 Å². The topological polar surface area (TPSA) is 92.9 Å². The van der Waals surface area contributed by atoms with E-state index in [1.807, 2.05) is 0 Å². The zero-order valence-electron chi connectivity index (χ0n) is 12.2. The van der Waals surface area contributed by atoms with Gasteiger partial charge in [-0.1, -0.05) is 0 Å². The fourth-order valence-corrected chi connectivity index (χ4v) is 2.74. The van der Waals surface area contributed by atoms with Gasteiger partial charge in [-0.05, 0) is 37.7 Å². The number of hydrogen-bond acceptors (Lipinski definition) is 5. The highest BCUT2D eigenvalue weighted by molar-refractivity contribution is 5.90. The van der Waals surface area contributed by atoms with Gasteiger partial charge in [-0.2, -0.15) is 0 Å². The van der Waals surface area contributed by atoms with Gasteiger partial charge in [-0.25, -0.2) is 15.0 Å². The van der Waals surface area contributed by atoms with Crippen molar-refractivity contribution >= 4 is 5.91 Å². The second-order valence-corrected chi connectivity index (χ2v) is 5.58. The summed E-state index contributed by atoms with van der Waals surface area (Å²) in [6, 6.07) is 1.86. The third kappa shape index (κ3) is 3.30. The molecule has 22 heavy (non-hydrogen) atoms. The van der Waals surface area contributed by atoms with Crippen LogP contribution in [0.25, 0.3) is 5.82 Å². The molecule has 0 atom stereocenters. The molecule has 2 aromatic heterocycles. The molecule has 1 saturated carbocycles. The van der Waals surface area contributed by atoms with Gasteiger partial charge < -0.3 is 10.4 Å². The zero-order chi connectivity index (χ0) is 15.4. The van der Waals surface area contributed by atoms with E-state index in [1.165, 1.54) is 0 Å². The number of carbonyl (C=O) groups excluding carboxylic acids is 1. The van der Waals surface area contributed by atoms with Crippen molar-refractivity contribution < 1.29 is 9.90 Å². The van der Waals surface area contributed by atoms with Crippen molar-refractivity contribution in [2.75, 3.05) is 6.61 Å². The number of aromatic nitrogens is 4. The van der Waals surface area contributed by atoms with E-state index in [4.69, 9.17) is 5.11 Å². The summed E-state index contributed by atoms with van der Waals surface area (Å²) in [6.45, 7) is 0.233. The van der Waals surface area contributed by atoms with Crippen molar-refractivity contribution in [1.29, 1.82) is 0 Å². The summed E-state index contributed by atoms with van der Waals surface area (Å²) < 4.78 is 1.73. The molecular formula is C15H19N5O2. The summed E-state index contributed by atoms with van der Waals surface area (Å²) in [7, 11) is 0. The Balaban J connectivity index is 1.64. The monoisotopic (exact) mass is 301 g/mol. The Bertz CT molecular complexity index is 621. The van der Waals surface area contributed by atoms with Crippen LogP contribution in [0.15, 0.2) is 31.0 Å². The molecular weight excluding hydrogens is 282 g/mol. The second kappa shape index (κ2) is 6.65. The Hall–Kier alpha value is -2.28. The fraction of sp³-hybridized carbons (Fsp3) is 0.467. The van der Waals surface area contributed by atoms with Gasteiger partial charge >= 0.3 is 0 Å². The predicted molar refractivity (Wildman–Crippen MR) is 79.5 cm³/mol. The quantitative estimate of drug-likeness (QED) is 0.877. The van der Waals surface area contributed by atoms with E-state index in [1.54, 1.807) is 35.6 Å². The largest absolute Gasteiger partial charge is 0.396 e. The van der Waals surface area contributed by atoms with Crippen molar-refractivity contribution in [2.24, 2.45) is 5.92 Å². The molecule has 1 fully saturated rings. The van der Waals surface area contributed by atoms with E-state index in [0.29, 0.717) is 11.7 Å². The first-order valence-corrected chi connectivity index (χ1v) is 7.49.